The first kappa shape index (κ1) is 44.6. The van der Waals surface area contributed by atoms with E-state index < -0.39 is 76.7 Å². The minimum absolute atomic E-state index is 0.00504. The first-order chi connectivity index (χ1) is 28.4. The van der Waals surface area contributed by atoms with Gasteiger partial charge in [-0.2, -0.15) is 0 Å². The average molecular weight is 847 g/mol. The zero-order valence-electron chi connectivity index (χ0n) is 35.2. The summed E-state index contributed by atoms with van der Waals surface area (Å²) in [6.07, 6.45) is 5.30. The Labute approximate surface area is 352 Å². The second-order valence-corrected chi connectivity index (χ2v) is 17.3. The molecule has 4 heterocycles. The Morgan fingerprint density at radius 1 is 0.950 bits per heavy atom. The number of Topliss-reactive ketones (excluding diaryl/α,β-unsaturated/α-hetero) is 1. The van der Waals surface area contributed by atoms with Crippen LogP contribution < -0.4 is 15.5 Å². The van der Waals surface area contributed by atoms with Crippen molar-refractivity contribution in [2.24, 2.45) is 23.7 Å². The van der Waals surface area contributed by atoms with E-state index in [0.717, 1.165) is 18.6 Å². The first-order valence-electron chi connectivity index (χ1n) is 20.1. The van der Waals surface area contributed by atoms with E-state index in [1.54, 1.807) is 52.0 Å². The number of hydrogen-bond donors (Lipinski definition) is 6. The highest BCUT2D eigenvalue weighted by Gasteiger charge is 2.50. The number of benzene rings is 3. The first-order valence-corrected chi connectivity index (χ1v) is 21.1. The number of rotatable bonds is 5. The second-order valence-electron chi connectivity index (χ2n) is 16.1. The molecular weight excluding hydrogens is 793 g/mol. The van der Waals surface area contributed by atoms with Crippen molar-refractivity contribution in [3.05, 3.63) is 69.6 Å². The molecular formula is C45H54N2O12S. The van der Waals surface area contributed by atoms with Crippen LogP contribution in [0.5, 0.6) is 17.2 Å². The van der Waals surface area contributed by atoms with E-state index in [2.05, 4.69) is 12.2 Å². The van der Waals surface area contributed by atoms with Gasteiger partial charge in [0.25, 0.3) is 11.7 Å². The van der Waals surface area contributed by atoms with E-state index >= 15 is 0 Å². The minimum atomic E-state index is -2.04. The molecule has 2 aromatic carbocycles. The Bertz CT molecular complexity index is 2440. The number of aromatic hydroxyl groups is 2. The zero-order chi connectivity index (χ0) is 44.0. The standard InChI is InChI=1S/C45H54N2O12S/c1-10-11-17-60-26-18-27(48)33-29(19-26)58-42-34(46-33)30-31-39(52)25(7)41-32(30)43(54)45(8,59-41)57-16-15-28(56-9)22(4)37(50)24(6)38(51)23(5)36(49)20(2)13-12-14-21(3)44(55)47-35(42)40(31)53/h12-16,18-20,22-24,28,36-38,48-52H,10-11,17H2,1-9H3,(H,47,55)/b13-12+,16-15+,21-14-/t20-,22+,23+,24-,28-,36-,37+,38+,45-/m0/s1. The van der Waals surface area contributed by atoms with E-state index in [-0.39, 0.29) is 67.2 Å². The van der Waals surface area contributed by atoms with Gasteiger partial charge in [0.1, 0.15) is 34.1 Å². The maximum atomic E-state index is 14.7. The lowest BCUT2D eigenvalue weighted by Crippen LogP contribution is -2.44. The van der Waals surface area contributed by atoms with Crippen molar-refractivity contribution in [3.63, 3.8) is 0 Å². The van der Waals surface area contributed by atoms with Crippen molar-refractivity contribution >= 4 is 51.0 Å². The lowest BCUT2D eigenvalue weighted by Gasteiger charge is -2.36. The Kier molecular flexibility index (Phi) is 13.1. The topological polar surface area (TPSA) is 218 Å². The van der Waals surface area contributed by atoms with Crippen LogP contribution in [-0.4, -0.2) is 85.3 Å². The molecule has 0 spiro atoms. The third kappa shape index (κ3) is 8.00. The number of aromatic nitrogens is 1. The average Bonchev–Trinajstić information content (AvgIpc) is 3.49. The number of anilines is 1. The summed E-state index contributed by atoms with van der Waals surface area (Å²) in [5, 5.41) is 59.1. The number of aliphatic hydroxyl groups excluding tert-OH is 3. The number of thioether (sulfide) groups is 1. The molecule has 1 amide bonds. The predicted octanol–water partition coefficient (Wildman–Crippen LogP) is 6.98. The number of amides is 1. The highest BCUT2D eigenvalue weighted by Crippen LogP contribution is 2.51. The molecule has 9 atom stereocenters. The molecule has 5 aliphatic rings. The third-order valence-corrected chi connectivity index (χ3v) is 13.0. The summed E-state index contributed by atoms with van der Waals surface area (Å²) in [6, 6.07) is 3.21. The Morgan fingerprint density at radius 3 is 2.32 bits per heavy atom. The molecule has 0 unspecified atom stereocenters. The number of fused-ring (bicyclic) bond motifs is 14. The van der Waals surface area contributed by atoms with Crippen LogP contribution >= 0.6 is 11.8 Å². The zero-order valence-corrected chi connectivity index (χ0v) is 36.0. The fraction of sp³-hybridized carbons (Fsp3) is 0.467. The van der Waals surface area contributed by atoms with E-state index in [0.29, 0.717) is 4.90 Å². The van der Waals surface area contributed by atoms with E-state index in [1.807, 2.05) is 0 Å². The van der Waals surface area contributed by atoms with Crippen LogP contribution in [0.1, 0.15) is 77.2 Å². The van der Waals surface area contributed by atoms with Gasteiger partial charge in [-0.3, -0.25) is 14.4 Å². The molecule has 4 aliphatic heterocycles. The van der Waals surface area contributed by atoms with Crippen LogP contribution in [0.15, 0.2) is 62.4 Å². The number of hydrogen-bond acceptors (Lipinski definition) is 14. The quantitative estimate of drug-likeness (QED) is 0.0517. The predicted molar refractivity (Wildman–Crippen MR) is 229 cm³/mol. The second kappa shape index (κ2) is 17.6. The minimum Gasteiger partial charge on any atom is -0.507 e. The molecule has 1 aliphatic carbocycles. The molecule has 5 bridgehead atoms. The van der Waals surface area contributed by atoms with Crippen molar-refractivity contribution < 1.29 is 53.7 Å². The number of methoxy groups -OCH3 is 1. The van der Waals surface area contributed by atoms with E-state index in [1.165, 1.54) is 58.1 Å². The van der Waals surface area contributed by atoms with E-state index in [4.69, 9.17) is 23.6 Å². The molecule has 15 heteroatoms. The lowest BCUT2D eigenvalue weighted by molar-refractivity contribution is -0.112. The van der Waals surface area contributed by atoms with Gasteiger partial charge in [0, 0.05) is 59.1 Å². The summed E-state index contributed by atoms with van der Waals surface area (Å²) >= 11 is 1.50. The van der Waals surface area contributed by atoms with Crippen LogP contribution in [-0.2, 0) is 14.3 Å². The molecule has 6 N–H and O–H groups in total. The summed E-state index contributed by atoms with van der Waals surface area (Å²) in [5.41, 5.74) is -1.19. The number of aliphatic hydroxyl groups is 3. The summed E-state index contributed by atoms with van der Waals surface area (Å²) < 4.78 is 24.2. The molecule has 0 saturated carbocycles. The molecule has 7 rings (SSSR count). The number of carbonyl (C=O) groups is 2. The van der Waals surface area contributed by atoms with Crippen molar-refractivity contribution in [2.45, 2.75) is 103 Å². The normalized spacial score (nSPS) is 30.0. The maximum absolute atomic E-state index is 14.7. The summed E-state index contributed by atoms with van der Waals surface area (Å²) in [5.74, 6) is -6.25. The third-order valence-electron chi connectivity index (χ3n) is 11.9. The molecule has 0 fully saturated rings. The smallest absolute Gasteiger partial charge is 0.312 e. The van der Waals surface area contributed by atoms with Gasteiger partial charge in [0.2, 0.25) is 5.43 Å². The van der Waals surface area contributed by atoms with Gasteiger partial charge in [-0.05, 0) is 44.2 Å². The largest absolute Gasteiger partial charge is 0.507 e. The summed E-state index contributed by atoms with van der Waals surface area (Å²) in [4.78, 5) is 48.5. The van der Waals surface area contributed by atoms with Crippen molar-refractivity contribution in [2.75, 3.05) is 18.2 Å². The number of allylic oxidation sites excluding steroid dienone is 2. The molecule has 322 valence electrons. The lowest BCUT2D eigenvalue weighted by atomic mass is 9.78. The molecule has 0 radical (unpaired) electrons. The molecule has 0 saturated heterocycles. The van der Waals surface area contributed by atoms with Gasteiger partial charge in [-0.25, -0.2) is 4.98 Å². The SMILES string of the molecule is CCCCSc1cc(O)c2nc3c4c5c6c(C)c(O)c4c(=O)c(c-3oc2c1)NC(=O)/C(C)=C\C=C\[C@H](C)[C@H](O)[C@@H](C)[C@@H](O)[C@@H](C)[C@H](O)[C@H](C)[C@@H](OC)/C=C/O[C@@](C)(O6)C5=O. The number of phenols is 2. The summed E-state index contributed by atoms with van der Waals surface area (Å²) in [6.45, 7) is 13.3. The monoisotopic (exact) mass is 846 g/mol. The number of nitrogens with zero attached hydrogens (tertiary/aromatic N) is 1. The Morgan fingerprint density at radius 2 is 1.63 bits per heavy atom. The Hall–Kier alpha value is -4.93. The number of carbonyl (C=O) groups excluding carboxylic acids is 2. The number of unbranched alkanes of at least 4 members (excludes halogenated alkanes) is 1. The van der Waals surface area contributed by atoms with Crippen LogP contribution in [0.25, 0.3) is 33.3 Å². The van der Waals surface area contributed by atoms with Gasteiger partial charge < -0.3 is 49.5 Å². The maximum Gasteiger partial charge on any atom is 0.312 e. The molecule has 14 nitrogen and oxygen atoms in total. The van der Waals surface area contributed by atoms with Crippen LogP contribution in [0.2, 0.25) is 0 Å². The Balaban J connectivity index is 1.60. The summed E-state index contributed by atoms with van der Waals surface area (Å²) in [7, 11) is 1.44. The van der Waals surface area contributed by atoms with Crippen molar-refractivity contribution in [1.29, 1.82) is 0 Å². The van der Waals surface area contributed by atoms with Crippen molar-refractivity contribution in [3.8, 4) is 28.7 Å². The number of phenolic OH excluding ortho intramolecular Hbond substituents is 2. The van der Waals surface area contributed by atoms with Gasteiger partial charge >= 0.3 is 5.79 Å². The van der Waals surface area contributed by atoms with Gasteiger partial charge in [0.15, 0.2) is 11.3 Å². The fourth-order valence-corrected chi connectivity index (χ4v) is 8.95. The van der Waals surface area contributed by atoms with Gasteiger partial charge in [-0.1, -0.05) is 59.3 Å². The van der Waals surface area contributed by atoms with Crippen molar-refractivity contribution in [1.82, 2.24) is 4.98 Å². The van der Waals surface area contributed by atoms with Crippen LogP contribution in [0.4, 0.5) is 5.69 Å². The molecule has 60 heavy (non-hydrogen) atoms. The van der Waals surface area contributed by atoms with Gasteiger partial charge in [-0.15, -0.1) is 11.8 Å². The van der Waals surface area contributed by atoms with E-state index in [9.17, 15) is 39.9 Å². The fourth-order valence-electron chi connectivity index (χ4n) is 7.89. The molecule has 2 aromatic rings. The number of nitrogens with one attached hydrogen (secondary N) is 1. The van der Waals surface area contributed by atoms with Gasteiger partial charge in [0.05, 0.1) is 41.6 Å². The highest BCUT2D eigenvalue weighted by atomic mass is 32.2. The molecule has 0 aromatic heterocycles. The van der Waals surface area contributed by atoms with Crippen LogP contribution in [0.3, 0.4) is 0 Å². The van der Waals surface area contributed by atoms with Crippen LogP contribution in [0, 0.1) is 30.6 Å². The highest BCUT2D eigenvalue weighted by molar-refractivity contribution is 7.99. The number of ether oxygens (including phenoxy) is 3. The number of ketones is 1.